The van der Waals surface area contributed by atoms with Gasteiger partial charge in [0.15, 0.2) is 0 Å². The molecule has 27 heavy (non-hydrogen) atoms. The SMILES string of the molecule is CN1C(=O)[C@H]2CC[C@@H]1CN(C(=O)C1CCN(C(=O)c3ccncc3)CC1)C2. The number of nitrogens with zero attached hydrogens (tertiary/aromatic N) is 4. The zero-order valence-electron chi connectivity index (χ0n) is 15.7. The van der Waals surface area contributed by atoms with E-state index < -0.39 is 0 Å². The van der Waals surface area contributed by atoms with E-state index in [-0.39, 0.29) is 35.6 Å². The lowest BCUT2D eigenvalue weighted by molar-refractivity contribution is -0.138. The number of fused-ring (bicyclic) bond motifs is 4. The van der Waals surface area contributed by atoms with Crippen LogP contribution in [0.25, 0.3) is 0 Å². The first kappa shape index (κ1) is 17.9. The Morgan fingerprint density at radius 1 is 1.00 bits per heavy atom. The summed E-state index contributed by atoms with van der Waals surface area (Å²) in [5.74, 6) is 0.240. The Kier molecular flexibility index (Phi) is 4.85. The molecule has 144 valence electrons. The quantitative estimate of drug-likeness (QED) is 0.779. The van der Waals surface area contributed by atoms with Gasteiger partial charge < -0.3 is 14.7 Å². The molecule has 4 fully saturated rings. The van der Waals surface area contributed by atoms with Crippen molar-refractivity contribution in [2.45, 2.75) is 31.7 Å². The fraction of sp³-hybridized carbons (Fsp3) is 0.600. The molecule has 7 heteroatoms. The summed E-state index contributed by atoms with van der Waals surface area (Å²) in [6.07, 6.45) is 6.48. The van der Waals surface area contributed by atoms with Crippen LogP contribution < -0.4 is 0 Å². The summed E-state index contributed by atoms with van der Waals surface area (Å²) in [6.45, 7) is 2.39. The molecule has 4 aliphatic heterocycles. The van der Waals surface area contributed by atoms with Crippen molar-refractivity contribution in [2.24, 2.45) is 11.8 Å². The van der Waals surface area contributed by atoms with Gasteiger partial charge in [-0.3, -0.25) is 19.4 Å². The van der Waals surface area contributed by atoms with E-state index in [2.05, 4.69) is 4.98 Å². The Morgan fingerprint density at radius 2 is 1.70 bits per heavy atom. The van der Waals surface area contributed by atoms with Crippen molar-refractivity contribution in [2.75, 3.05) is 33.2 Å². The molecule has 0 N–H and O–H groups in total. The minimum absolute atomic E-state index is 0.00309. The van der Waals surface area contributed by atoms with Crippen molar-refractivity contribution in [1.29, 1.82) is 0 Å². The van der Waals surface area contributed by atoms with E-state index in [1.54, 1.807) is 24.5 Å². The maximum Gasteiger partial charge on any atom is 0.253 e. The van der Waals surface area contributed by atoms with Crippen LogP contribution in [0.3, 0.4) is 0 Å². The largest absolute Gasteiger partial charge is 0.341 e. The second-order valence-electron chi connectivity index (χ2n) is 7.92. The minimum Gasteiger partial charge on any atom is -0.341 e. The Bertz CT molecular complexity index is 730. The molecule has 0 aliphatic carbocycles. The van der Waals surface area contributed by atoms with Crippen LogP contribution in [0.4, 0.5) is 0 Å². The van der Waals surface area contributed by atoms with Gasteiger partial charge in [0.1, 0.15) is 0 Å². The Labute approximate surface area is 159 Å². The van der Waals surface area contributed by atoms with Crippen molar-refractivity contribution in [1.82, 2.24) is 19.7 Å². The molecule has 7 nitrogen and oxygen atoms in total. The minimum atomic E-state index is -0.0515. The molecule has 2 atom stereocenters. The third-order valence-electron chi connectivity index (χ3n) is 6.34. The van der Waals surface area contributed by atoms with Gasteiger partial charge >= 0.3 is 0 Å². The molecule has 0 aromatic carbocycles. The Balaban J connectivity index is 1.36. The first-order valence-corrected chi connectivity index (χ1v) is 9.79. The molecule has 4 saturated heterocycles. The van der Waals surface area contributed by atoms with Crippen molar-refractivity contribution >= 4 is 17.7 Å². The molecular weight excluding hydrogens is 344 g/mol. The molecule has 2 bridgehead atoms. The monoisotopic (exact) mass is 370 g/mol. The molecule has 1 aromatic heterocycles. The zero-order chi connectivity index (χ0) is 19.0. The summed E-state index contributed by atoms with van der Waals surface area (Å²) >= 11 is 0. The number of carbonyl (C=O) groups excluding carboxylic acids is 3. The highest BCUT2D eigenvalue weighted by Gasteiger charge is 2.41. The molecule has 0 spiro atoms. The molecule has 1 aromatic rings. The first-order chi connectivity index (χ1) is 13.0. The van der Waals surface area contributed by atoms with Gasteiger partial charge in [-0.1, -0.05) is 0 Å². The van der Waals surface area contributed by atoms with Crippen molar-refractivity contribution in [3.8, 4) is 0 Å². The Morgan fingerprint density at radius 3 is 2.41 bits per heavy atom. The van der Waals surface area contributed by atoms with Crippen LogP contribution >= 0.6 is 0 Å². The zero-order valence-corrected chi connectivity index (χ0v) is 15.7. The standard InChI is InChI=1S/C20H26N4O3/c1-22-17-3-2-16(18(22)25)12-24(13-17)20(27)15-6-10-23(11-7-15)19(26)14-4-8-21-9-5-14/h4-5,8-9,15-17H,2-3,6-7,10-13H2,1H3/t16-,17+/m0/s1. The number of aromatic nitrogens is 1. The number of rotatable bonds is 2. The summed E-state index contributed by atoms with van der Waals surface area (Å²) in [5, 5.41) is 0. The number of hydrogen-bond acceptors (Lipinski definition) is 4. The highest BCUT2D eigenvalue weighted by atomic mass is 16.2. The maximum absolute atomic E-state index is 13.1. The van der Waals surface area contributed by atoms with E-state index in [0.29, 0.717) is 44.6 Å². The van der Waals surface area contributed by atoms with E-state index in [1.807, 2.05) is 21.7 Å². The first-order valence-electron chi connectivity index (χ1n) is 9.79. The highest BCUT2D eigenvalue weighted by molar-refractivity contribution is 5.94. The topological polar surface area (TPSA) is 73.8 Å². The van der Waals surface area contributed by atoms with Crippen LogP contribution in [-0.4, -0.2) is 76.7 Å². The number of hydrogen-bond donors (Lipinski definition) is 0. The predicted octanol–water partition coefficient (Wildman–Crippen LogP) is 1.01. The van der Waals surface area contributed by atoms with Crippen molar-refractivity contribution in [3.05, 3.63) is 30.1 Å². The third-order valence-corrected chi connectivity index (χ3v) is 6.34. The average molecular weight is 370 g/mol. The van der Waals surface area contributed by atoms with E-state index in [0.717, 1.165) is 12.8 Å². The van der Waals surface area contributed by atoms with Crippen LogP contribution in [0.15, 0.2) is 24.5 Å². The second kappa shape index (κ2) is 7.29. The van der Waals surface area contributed by atoms with Gasteiger partial charge in [0.2, 0.25) is 11.8 Å². The maximum atomic E-state index is 13.1. The molecule has 0 unspecified atom stereocenters. The van der Waals surface area contributed by atoms with Crippen molar-refractivity contribution in [3.63, 3.8) is 0 Å². The van der Waals surface area contributed by atoms with Gasteiger partial charge in [-0.25, -0.2) is 0 Å². The van der Waals surface area contributed by atoms with Crippen LogP contribution in [0.5, 0.6) is 0 Å². The van der Waals surface area contributed by atoms with Crippen LogP contribution in [0, 0.1) is 11.8 Å². The predicted molar refractivity (Wildman–Crippen MR) is 98.7 cm³/mol. The smallest absolute Gasteiger partial charge is 0.253 e. The van der Waals surface area contributed by atoms with Crippen LogP contribution in [-0.2, 0) is 9.59 Å². The number of carbonyl (C=O) groups is 3. The molecule has 0 radical (unpaired) electrons. The average Bonchev–Trinajstić information content (AvgIpc) is 3.01. The molecule has 3 amide bonds. The van der Waals surface area contributed by atoms with E-state index in [4.69, 9.17) is 0 Å². The summed E-state index contributed by atoms with van der Waals surface area (Å²) in [6, 6.07) is 3.59. The summed E-state index contributed by atoms with van der Waals surface area (Å²) in [4.78, 5) is 47.5. The molecule has 5 heterocycles. The van der Waals surface area contributed by atoms with Gasteiger partial charge in [-0.15, -0.1) is 0 Å². The Hall–Kier alpha value is -2.44. The van der Waals surface area contributed by atoms with Gasteiger partial charge in [0.25, 0.3) is 5.91 Å². The fourth-order valence-electron chi connectivity index (χ4n) is 4.60. The van der Waals surface area contributed by atoms with Gasteiger partial charge in [-0.05, 0) is 37.8 Å². The lowest BCUT2D eigenvalue weighted by Crippen LogP contribution is -2.47. The number of pyridine rings is 1. The molecule has 0 saturated carbocycles. The second-order valence-corrected chi connectivity index (χ2v) is 7.92. The lowest BCUT2D eigenvalue weighted by Gasteiger charge is -2.34. The molecule has 5 rings (SSSR count). The fourth-order valence-corrected chi connectivity index (χ4v) is 4.60. The number of piperidine rings is 2. The number of amides is 3. The number of likely N-dealkylation sites (tertiary alicyclic amines) is 1. The van der Waals surface area contributed by atoms with E-state index >= 15 is 0 Å². The van der Waals surface area contributed by atoms with Crippen LogP contribution in [0.2, 0.25) is 0 Å². The van der Waals surface area contributed by atoms with E-state index in [1.165, 1.54) is 0 Å². The lowest BCUT2D eigenvalue weighted by atomic mass is 9.94. The summed E-state index contributed by atoms with van der Waals surface area (Å²) in [7, 11) is 1.86. The van der Waals surface area contributed by atoms with Gasteiger partial charge in [0.05, 0.1) is 5.92 Å². The molecular formula is C20H26N4O3. The third kappa shape index (κ3) is 3.42. The highest BCUT2D eigenvalue weighted by Crippen LogP contribution is 2.30. The van der Waals surface area contributed by atoms with Crippen molar-refractivity contribution < 1.29 is 14.4 Å². The van der Waals surface area contributed by atoms with E-state index in [9.17, 15) is 14.4 Å². The summed E-state index contributed by atoms with van der Waals surface area (Å²) in [5.41, 5.74) is 0.639. The van der Waals surface area contributed by atoms with Gasteiger partial charge in [0, 0.05) is 63.1 Å². The summed E-state index contributed by atoms with van der Waals surface area (Å²) < 4.78 is 0. The number of likely N-dealkylation sites (N-methyl/N-ethyl adjacent to an activating group) is 1. The normalized spacial score (nSPS) is 26.3. The van der Waals surface area contributed by atoms with Gasteiger partial charge in [-0.2, -0.15) is 0 Å². The van der Waals surface area contributed by atoms with Crippen LogP contribution in [0.1, 0.15) is 36.0 Å². The molecule has 4 aliphatic rings.